The van der Waals surface area contributed by atoms with E-state index in [1.165, 1.54) is 23.9 Å². The van der Waals surface area contributed by atoms with Crippen LogP contribution in [0, 0.1) is 18.7 Å². The van der Waals surface area contributed by atoms with Crippen molar-refractivity contribution in [2.45, 2.75) is 46.6 Å². The predicted molar refractivity (Wildman–Crippen MR) is 143 cm³/mol. The van der Waals surface area contributed by atoms with Crippen LogP contribution in [0.5, 0.6) is 5.75 Å². The highest BCUT2D eigenvalue weighted by molar-refractivity contribution is 5.76. The first-order valence-electron chi connectivity index (χ1n) is 13.1. The Hall–Kier alpha value is -3.86. The molecule has 38 heavy (non-hydrogen) atoms. The molecule has 4 aromatic rings. The molecule has 1 fully saturated rings. The van der Waals surface area contributed by atoms with Gasteiger partial charge in [0.2, 0.25) is 0 Å². The standard InChI is InChI=1S/C27H34FN9O/c1-18(2)16-36-17-21(15-31-36)20-13-22(26(29)30-14-20)27-32-33-34-37(27)23-7-8-24(19(3)25(23)28)38-12-11-35-9-5-4-6-10-35/h7-8,13-15,17-18H,4-6,9-12,16H2,1-3H3,(H2,29,30). The van der Waals surface area contributed by atoms with Gasteiger partial charge in [-0.25, -0.2) is 9.37 Å². The van der Waals surface area contributed by atoms with Crippen LogP contribution in [0.15, 0.2) is 36.8 Å². The van der Waals surface area contributed by atoms with Gasteiger partial charge in [0.05, 0.1) is 11.8 Å². The molecule has 0 bridgehead atoms. The number of rotatable bonds is 9. The number of nitrogen functional groups attached to an aromatic ring is 1. The quantitative estimate of drug-likeness (QED) is 0.351. The average Bonchev–Trinajstić information content (AvgIpc) is 3.57. The van der Waals surface area contributed by atoms with Crippen molar-refractivity contribution in [1.29, 1.82) is 0 Å². The number of nitrogens with two attached hydrogens (primary N) is 1. The number of anilines is 1. The minimum atomic E-state index is -0.452. The summed E-state index contributed by atoms with van der Waals surface area (Å²) in [5.41, 5.74) is 9.05. The SMILES string of the molecule is Cc1c(OCCN2CCCCC2)ccc(-n2nnnc2-c2cc(-c3cnn(CC(C)C)c3)cnc2N)c1F. The van der Waals surface area contributed by atoms with Gasteiger partial charge in [0.15, 0.2) is 11.6 Å². The van der Waals surface area contributed by atoms with Crippen LogP contribution in [-0.4, -0.2) is 66.1 Å². The number of pyridine rings is 1. The van der Waals surface area contributed by atoms with Crippen LogP contribution < -0.4 is 10.5 Å². The zero-order valence-corrected chi connectivity index (χ0v) is 22.1. The second kappa shape index (κ2) is 11.3. The number of hydrogen-bond donors (Lipinski definition) is 1. The summed E-state index contributed by atoms with van der Waals surface area (Å²) in [6, 6.07) is 5.24. The van der Waals surface area contributed by atoms with Crippen LogP contribution in [0.2, 0.25) is 0 Å². The van der Waals surface area contributed by atoms with E-state index in [0.29, 0.717) is 35.2 Å². The molecule has 0 atom stereocenters. The van der Waals surface area contributed by atoms with Gasteiger partial charge >= 0.3 is 0 Å². The van der Waals surface area contributed by atoms with Crippen molar-refractivity contribution in [3.8, 4) is 34.0 Å². The summed E-state index contributed by atoms with van der Waals surface area (Å²) < 4.78 is 24.8. The van der Waals surface area contributed by atoms with E-state index in [9.17, 15) is 0 Å². The molecule has 1 aliphatic heterocycles. The van der Waals surface area contributed by atoms with E-state index in [-0.39, 0.29) is 11.5 Å². The lowest BCUT2D eigenvalue weighted by Crippen LogP contribution is -2.33. The Kier molecular flexibility index (Phi) is 7.64. The summed E-state index contributed by atoms with van der Waals surface area (Å²) in [4.78, 5) is 6.74. The topological polar surface area (TPSA) is 113 Å². The zero-order valence-electron chi connectivity index (χ0n) is 22.1. The first kappa shape index (κ1) is 25.8. The fourth-order valence-electron chi connectivity index (χ4n) is 4.76. The van der Waals surface area contributed by atoms with Crippen molar-refractivity contribution in [2.24, 2.45) is 5.92 Å². The molecule has 0 unspecified atom stereocenters. The number of halogens is 1. The number of aromatic nitrogens is 7. The lowest BCUT2D eigenvalue weighted by atomic mass is 10.1. The van der Waals surface area contributed by atoms with Crippen LogP contribution in [0.4, 0.5) is 10.2 Å². The van der Waals surface area contributed by atoms with Crippen LogP contribution in [-0.2, 0) is 6.54 Å². The van der Waals surface area contributed by atoms with Crippen molar-refractivity contribution in [3.05, 3.63) is 48.2 Å². The van der Waals surface area contributed by atoms with E-state index in [1.807, 2.05) is 16.9 Å². The summed E-state index contributed by atoms with van der Waals surface area (Å²) in [6.07, 6.45) is 9.17. The first-order valence-corrected chi connectivity index (χ1v) is 13.1. The minimum Gasteiger partial charge on any atom is -0.492 e. The molecule has 3 aromatic heterocycles. The molecular formula is C27H34FN9O. The molecule has 0 amide bonds. The van der Waals surface area contributed by atoms with E-state index in [0.717, 1.165) is 37.3 Å². The predicted octanol–water partition coefficient (Wildman–Crippen LogP) is 4.14. The van der Waals surface area contributed by atoms with Crippen LogP contribution >= 0.6 is 0 Å². The van der Waals surface area contributed by atoms with Crippen molar-refractivity contribution < 1.29 is 9.13 Å². The fourth-order valence-corrected chi connectivity index (χ4v) is 4.76. The summed E-state index contributed by atoms with van der Waals surface area (Å²) in [5.74, 6) is 1.07. The largest absolute Gasteiger partial charge is 0.492 e. The Morgan fingerprint density at radius 1 is 1.11 bits per heavy atom. The maximum Gasteiger partial charge on any atom is 0.190 e. The number of ether oxygens (including phenoxy) is 1. The maximum absolute atomic E-state index is 15.6. The van der Waals surface area contributed by atoms with Gasteiger partial charge in [-0.3, -0.25) is 9.58 Å². The van der Waals surface area contributed by atoms with Crippen LogP contribution in [0.1, 0.15) is 38.7 Å². The molecule has 10 nitrogen and oxygen atoms in total. The van der Waals surface area contributed by atoms with E-state index in [2.05, 4.69) is 44.4 Å². The summed E-state index contributed by atoms with van der Waals surface area (Å²) in [6.45, 7) is 10.3. The summed E-state index contributed by atoms with van der Waals surface area (Å²) in [5, 5.41) is 16.5. The molecule has 1 aromatic carbocycles. The van der Waals surface area contributed by atoms with Gasteiger partial charge < -0.3 is 10.5 Å². The smallest absolute Gasteiger partial charge is 0.190 e. The highest BCUT2D eigenvalue weighted by Crippen LogP contribution is 2.32. The van der Waals surface area contributed by atoms with Gasteiger partial charge in [-0.2, -0.15) is 9.78 Å². The number of likely N-dealkylation sites (tertiary alicyclic amines) is 1. The Labute approximate surface area is 221 Å². The van der Waals surface area contributed by atoms with E-state index in [1.54, 1.807) is 31.5 Å². The van der Waals surface area contributed by atoms with E-state index < -0.39 is 5.82 Å². The molecule has 1 saturated heterocycles. The van der Waals surface area contributed by atoms with E-state index >= 15 is 4.39 Å². The number of benzene rings is 1. The molecule has 0 aliphatic carbocycles. The fraction of sp³-hybridized carbons (Fsp3) is 0.444. The molecule has 0 saturated carbocycles. The third-order valence-electron chi connectivity index (χ3n) is 6.81. The molecule has 4 heterocycles. The molecule has 11 heteroatoms. The Bertz CT molecular complexity index is 1390. The maximum atomic E-state index is 15.6. The molecule has 1 aliphatic rings. The number of tetrazole rings is 1. The third kappa shape index (κ3) is 5.52. The minimum absolute atomic E-state index is 0.209. The number of piperidine rings is 1. The normalized spacial score (nSPS) is 14.3. The zero-order chi connectivity index (χ0) is 26.6. The second-order valence-corrected chi connectivity index (χ2v) is 10.2. The lowest BCUT2D eigenvalue weighted by molar-refractivity contribution is 0.182. The van der Waals surface area contributed by atoms with Crippen molar-refractivity contribution in [1.82, 2.24) is 39.9 Å². The molecule has 0 radical (unpaired) electrons. The molecule has 0 spiro atoms. The lowest BCUT2D eigenvalue weighted by Gasteiger charge is -2.26. The van der Waals surface area contributed by atoms with Gasteiger partial charge in [0.25, 0.3) is 0 Å². The molecule has 2 N–H and O–H groups in total. The van der Waals surface area contributed by atoms with E-state index in [4.69, 9.17) is 10.5 Å². The van der Waals surface area contributed by atoms with Gasteiger partial charge in [-0.05, 0) is 67.4 Å². The molecule has 200 valence electrons. The first-order chi connectivity index (χ1) is 18.4. The average molecular weight is 520 g/mol. The van der Waals surface area contributed by atoms with Gasteiger partial charge in [0, 0.05) is 42.2 Å². The van der Waals surface area contributed by atoms with Gasteiger partial charge in [-0.15, -0.1) is 5.10 Å². The Morgan fingerprint density at radius 3 is 2.71 bits per heavy atom. The van der Waals surface area contributed by atoms with Crippen molar-refractivity contribution in [2.75, 3.05) is 32.0 Å². The second-order valence-electron chi connectivity index (χ2n) is 10.2. The Morgan fingerprint density at radius 2 is 1.92 bits per heavy atom. The van der Waals surface area contributed by atoms with Crippen LogP contribution in [0.25, 0.3) is 28.2 Å². The van der Waals surface area contributed by atoms with Gasteiger partial charge in [0.1, 0.15) is 23.9 Å². The Balaban J connectivity index is 1.39. The van der Waals surface area contributed by atoms with Crippen LogP contribution in [0.3, 0.4) is 0 Å². The highest BCUT2D eigenvalue weighted by Gasteiger charge is 2.21. The molecule has 5 rings (SSSR count). The monoisotopic (exact) mass is 519 g/mol. The number of hydrogen-bond acceptors (Lipinski definition) is 8. The third-order valence-corrected chi connectivity index (χ3v) is 6.81. The number of nitrogens with zero attached hydrogens (tertiary/aromatic N) is 8. The summed E-state index contributed by atoms with van der Waals surface area (Å²) in [7, 11) is 0. The van der Waals surface area contributed by atoms with Crippen molar-refractivity contribution >= 4 is 5.82 Å². The van der Waals surface area contributed by atoms with Crippen molar-refractivity contribution in [3.63, 3.8) is 0 Å². The summed E-state index contributed by atoms with van der Waals surface area (Å²) >= 11 is 0. The molecular weight excluding hydrogens is 485 g/mol. The van der Waals surface area contributed by atoms with Gasteiger partial charge in [-0.1, -0.05) is 20.3 Å². The highest BCUT2D eigenvalue weighted by atomic mass is 19.1.